The highest BCUT2D eigenvalue weighted by atomic mass is 32.2. The Kier molecular flexibility index (Phi) is 8.31. The molecule has 180 valence electrons. The number of carbonyl (C=O) groups excluding carboxylic acids is 1. The van der Waals surface area contributed by atoms with Crippen LogP contribution in [0.25, 0.3) is 28.0 Å². The van der Waals surface area contributed by atoms with Crippen LogP contribution in [0, 0.1) is 11.3 Å². The molecule has 0 saturated carbocycles. The largest absolute Gasteiger partial charge is 0.510 e. The number of hydrogen-bond acceptors (Lipinski definition) is 9. The van der Waals surface area contributed by atoms with E-state index in [1.165, 1.54) is 9.58 Å². The van der Waals surface area contributed by atoms with Crippen molar-refractivity contribution >= 4 is 34.8 Å². The van der Waals surface area contributed by atoms with Gasteiger partial charge < -0.3 is 25.6 Å². The zero-order chi connectivity index (χ0) is 25.4. The molecule has 4 N–H and O–H groups in total. The minimum absolute atomic E-state index is 0.0618. The average molecular weight is 493 g/mol. The Morgan fingerprint density at radius 3 is 2.60 bits per heavy atom. The first-order valence-corrected chi connectivity index (χ1v) is 11.2. The van der Waals surface area contributed by atoms with Crippen LogP contribution >= 0.6 is 11.8 Å². The lowest BCUT2D eigenvalue weighted by molar-refractivity contribution is -0.115. The molecular formula is C23H24N8O3S. The van der Waals surface area contributed by atoms with E-state index in [1.807, 2.05) is 48.5 Å². The van der Waals surface area contributed by atoms with Crippen molar-refractivity contribution in [3.05, 3.63) is 60.1 Å². The van der Waals surface area contributed by atoms with Gasteiger partial charge in [0.1, 0.15) is 23.2 Å². The Morgan fingerprint density at radius 2 is 1.94 bits per heavy atom. The number of H-pyrrole nitrogens is 1. The van der Waals surface area contributed by atoms with Crippen LogP contribution in [0.2, 0.25) is 0 Å². The molecule has 0 unspecified atom stereocenters. The number of carbonyl (C=O) groups is 1. The number of aliphatic hydroxyl groups is 1. The number of nitrogen functional groups attached to an aromatic ring is 1. The normalized spacial score (nSPS) is 11.1. The van der Waals surface area contributed by atoms with Crippen molar-refractivity contribution in [3.63, 3.8) is 0 Å². The molecular weight excluding hydrogens is 468 g/mol. The molecule has 4 rings (SSSR count). The maximum Gasteiger partial charge on any atom is 0.210 e. The zero-order valence-electron chi connectivity index (χ0n) is 19.3. The quantitative estimate of drug-likeness (QED) is 0.116. The molecule has 0 saturated heterocycles. The summed E-state index contributed by atoms with van der Waals surface area (Å²) in [6.07, 6.45) is 0.750. The first-order valence-electron chi connectivity index (χ1n) is 10.2. The fourth-order valence-electron chi connectivity index (χ4n) is 2.92. The molecule has 0 atom stereocenters. The van der Waals surface area contributed by atoms with Crippen molar-refractivity contribution in [3.8, 4) is 23.2 Å². The number of aromatic nitrogens is 5. The summed E-state index contributed by atoms with van der Waals surface area (Å²) in [5, 5.41) is 28.6. The van der Waals surface area contributed by atoms with E-state index in [4.69, 9.17) is 10.6 Å². The SMILES string of the molecule is CN(C)C=O.COc1ccccc1-c1nnc(SCC(O)=C(C#N)c2nc3ccccc3[nH]2)n1N. The second-order valence-electron chi connectivity index (χ2n) is 7.27. The number of nitrogens with two attached hydrogens (primary N) is 1. The Hall–Kier alpha value is -4.50. The number of ether oxygens (including phenoxy) is 1. The van der Waals surface area contributed by atoms with Crippen LogP contribution in [0.1, 0.15) is 5.82 Å². The summed E-state index contributed by atoms with van der Waals surface area (Å²) in [7, 11) is 4.94. The zero-order valence-corrected chi connectivity index (χ0v) is 20.2. The lowest BCUT2D eigenvalue weighted by Gasteiger charge is -2.08. The molecule has 0 aliphatic carbocycles. The Labute approximate surface area is 205 Å². The number of rotatable bonds is 7. The summed E-state index contributed by atoms with van der Waals surface area (Å²) in [4.78, 5) is 18.3. The van der Waals surface area contributed by atoms with Gasteiger partial charge in [-0.1, -0.05) is 36.0 Å². The van der Waals surface area contributed by atoms with Crippen molar-refractivity contribution in [2.45, 2.75) is 5.16 Å². The van der Waals surface area contributed by atoms with Gasteiger partial charge >= 0.3 is 0 Å². The van der Waals surface area contributed by atoms with Crippen molar-refractivity contribution in [1.82, 2.24) is 29.7 Å². The third kappa shape index (κ3) is 5.90. The number of aromatic amines is 1. The summed E-state index contributed by atoms with van der Waals surface area (Å²) in [5.41, 5.74) is 2.25. The predicted octanol–water partition coefficient (Wildman–Crippen LogP) is 2.83. The summed E-state index contributed by atoms with van der Waals surface area (Å²) in [5.74, 6) is 7.44. The average Bonchev–Trinajstić information content (AvgIpc) is 3.46. The highest BCUT2D eigenvalue weighted by Crippen LogP contribution is 2.30. The van der Waals surface area contributed by atoms with Crippen molar-refractivity contribution in [2.24, 2.45) is 0 Å². The molecule has 2 aromatic heterocycles. The van der Waals surface area contributed by atoms with E-state index >= 15 is 0 Å². The van der Waals surface area contributed by atoms with Crippen LogP contribution in [0.15, 0.2) is 59.4 Å². The first kappa shape index (κ1) is 25.1. The number of hydrogen-bond donors (Lipinski definition) is 3. The van der Waals surface area contributed by atoms with Crippen molar-refractivity contribution in [1.29, 1.82) is 5.26 Å². The molecule has 0 bridgehead atoms. The molecule has 0 aliphatic rings. The second-order valence-corrected chi connectivity index (χ2v) is 8.21. The molecule has 2 aromatic carbocycles. The minimum atomic E-state index is -0.136. The van der Waals surface area contributed by atoms with E-state index in [2.05, 4.69) is 20.2 Å². The summed E-state index contributed by atoms with van der Waals surface area (Å²) in [6, 6.07) is 16.7. The van der Waals surface area contributed by atoms with Gasteiger partial charge in [-0.25, -0.2) is 9.66 Å². The number of thioether (sulfide) groups is 1. The minimum Gasteiger partial charge on any atom is -0.510 e. The lowest BCUT2D eigenvalue weighted by Crippen LogP contribution is -2.12. The van der Waals surface area contributed by atoms with Crippen molar-refractivity contribution < 1.29 is 14.6 Å². The number of allylic oxidation sites excluding steroid dienone is 1. The molecule has 4 aromatic rings. The van der Waals surface area contributed by atoms with Gasteiger partial charge in [0.25, 0.3) is 0 Å². The standard InChI is InChI=1S/C20H17N7O2S.C3H7NO/c1-29-17-9-5-2-6-12(17)19-25-26-20(27(19)22)30-11-16(28)13(10-21)18-23-14-7-3-4-8-15(14)24-18;1-4(2)3-5/h2-9,28H,11,22H2,1H3,(H,23,24);3H,1-2H3. The van der Waals surface area contributed by atoms with E-state index < -0.39 is 0 Å². The first-order chi connectivity index (χ1) is 16.9. The van der Waals surface area contributed by atoms with E-state index in [1.54, 1.807) is 27.3 Å². The van der Waals surface area contributed by atoms with Gasteiger partial charge in [0, 0.05) is 14.1 Å². The van der Waals surface area contributed by atoms with Gasteiger partial charge in [-0.15, -0.1) is 10.2 Å². The number of nitriles is 1. The number of imidazole rings is 1. The molecule has 35 heavy (non-hydrogen) atoms. The predicted molar refractivity (Wildman–Crippen MR) is 134 cm³/mol. The van der Waals surface area contributed by atoms with Crippen molar-refractivity contribution in [2.75, 3.05) is 32.8 Å². The monoisotopic (exact) mass is 492 g/mol. The van der Waals surface area contributed by atoms with Crippen LogP contribution in [0.4, 0.5) is 0 Å². The van der Waals surface area contributed by atoms with Gasteiger partial charge in [0.05, 0.1) is 29.5 Å². The highest BCUT2D eigenvalue weighted by molar-refractivity contribution is 7.99. The summed E-state index contributed by atoms with van der Waals surface area (Å²) >= 11 is 1.15. The lowest BCUT2D eigenvalue weighted by atomic mass is 10.2. The van der Waals surface area contributed by atoms with Crippen LogP contribution in [-0.4, -0.2) is 68.2 Å². The Bertz CT molecular complexity index is 1350. The maximum absolute atomic E-state index is 10.5. The second kappa shape index (κ2) is 11.6. The van der Waals surface area contributed by atoms with E-state index in [0.717, 1.165) is 23.7 Å². The fraction of sp³-hybridized carbons (Fsp3) is 0.174. The van der Waals surface area contributed by atoms with Gasteiger partial charge in [-0.2, -0.15) is 5.26 Å². The third-order valence-electron chi connectivity index (χ3n) is 4.59. The summed E-state index contributed by atoms with van der Waals surface area (Å²) < 4.78 is 6.67. The Balaban J connectivity index is 0.000000623. The molecule has 11 nitrogen and oxygen atoms in total. The molecule has 0 radical (unpaired) electrons. The number of aliphatic hydroxyl groups excluding tert-OH is 1. The van der Waals surface area contributed by atoms with Gasteiger partial charge in [0.15, 0.2) is 11.6 Å². The fourth-order valence-corrected chi connectivity index (χ4v) is 3.65. The molecule has 2 heterocycles. The third-order valence-corrected chi connectivity index (χ3v) is 5.54. The number of nitrogens with zero attached hydrogens (tertiary/aromatic N) is 6. The smallest absolute Gasteiger partial charge is 0.210 e. The van der Waals surface area contributed by atoms with E-state index in [-0.39, 0.29) is 17.1 Å². The molecule has 0 spiro atoms. The van der Waals surface area contributed by atoms with Crippen LogP contribution in [-0.2, 0) is 4.79 Å². The topological polar surface area (TPSA) is 159 Å². The number of methoxy groups -OCH3 is 1. The van der Waals surface area contributed by atoms with E-state index in [9.17, 15) is 15.2 Å². The number of nitrogens with one attached hydrogen (secondary N) is 1. The molecule has 0 fully saturated rings. The van der Waals surface area contributed by atoms with Gasteiger partial charge in [-0.3, -0.25) is 4.79 Å². The highest BCUT2D eigenvalue weighted by Gasteiger charge is 2.18. The number of benzene rings is 2. The molecule has 1 amide bonds. The molecule has 12 heteroatoms. The summed E-state index contributed by atoms with van der Waals surface area (Å²) in [6.45, 7) is 0. The number of para-hydroxylation sites is 3. The maximum atomic E-state index is 10.5. The molecule has 0 aliphatic heterocycles. The van der Waals surface area contributed by atoms with E-state index in [0.29, 0.717) is 33.6 Å². The van der Waals surface area contributed by atoms with Gasteiger partial charge in [-0.05, 0) is 24.3 Å². The Morgan fingerprint density at radius 1 is 1.26 bits per heavy atom. The number of fused-ring (bicyclic) bond motifs is 1. The van der Waals surface area contributed by atoms with Gasteiger partial charge in [0.2, 0.25) is 11.6 Å². The van der Waals surface area contributed by atoms with Crippen LogP contribution < -0.4 is 10.6 Å². The van der Waals surface area contributed by atoms with Crippen LogP contribution in [0.5, 0.6) is 5.75 Å². The number of amides is 1. The van der Waals surface area contributed by atoms with Crippen LogP contribution in [0.3, 0.4) is 0 Å².